The Balaban J connectivity index is 1.77. The van der Waals surface area contributed by atoms with Crippen molar-refractivity contribution in [1.82, 2.24) is 14.9 Å². The third-order valence-electron chi connectivity index (χ3n) is 6.32. The molecule has 6 nitrogen and oxygen atoms in total. The third-order valence-corrected chi connectivity index (χ3v) is 6.32. The minimum Gasteiger partial charge on any atom is -0.379 e. The van der Waals surface area contributed by atoms with Crippen LogP contribution in [0.5, 0.6) is 0 Å². The van der Waals surface area contributed by atoms with E-state index in [1.165, 1.54) is 0 Å². The molecule has 2 atom stereocenters. The monoisotopic (exact) mass is 391 g/mol. The number of benzene rings is 1. The van der Waals surface area contributed by atoms with Gasteiger partial charge in [-0.05, 0) is 31.0 Å². The molecule has 1 fully saturated rings. The second-order valence-corrected chi connectivity index (χ2v) is 8.43. The summed E-state index contributed by atoms with van der Waals surface area (Å²) < 4.78 is 1.82. The molecule has 0 radical (unpaired) electrons. The van der Waals surface area contributed by atoms with Crippen LogP contribution in [-0.2, 0) is 0 Å². The number of hydrogen-bond donors (Lipinski definition) is 3. The molecule has 6 heteroatoms. The maximum atomic E-state index is 12.2. The number of amides is 1. The van der Waals surface area contributed by atoms with Gasteiger partial charge in [0.05, 0.1) is 23.0 Å². The van der Waals surface area contributed by atoms with Gasteiger partial charge in [0.1, 0.15) is 0 Å². The normalized spacial score (nSPS) is 20.8. The SMILES string of the molecule is CCN[C@H]1CC[C@@H](Nc2c(C(N)=O)cnn3cc(-c4ccccc4)cc23)C1(C)C. The van der Waals surface area contributed by atoms with Crippen LogP contribution >= 0.6 is 0 Å². The summed E-state index contributed by atoms with van der Waals surface area (Å²) >= 11 is 0. The largest absolute Gasteiger partial charge is 0.379 e. The van der Waals surface area contributed by atoms with Crippen molar-refractivity contribution in [3.05, 3.63) is 54.4 Å². The van der Waals surface area contributed by atoms with Gasteiger partial charge in [-0.1, -0.05) is 51.1 Å². The number of fused-ring (bicyclic) bond motifs is 1. The van der Waals surface area contributed by atoms with Crippen LogP contribution in [-0.4, -0.2) is 34.1 Å². The van der Waals surface area contributed by atoms with E-state index in [2.05, 4.69) is 54.7 Å². The van der Waals surface area contributed by atoms with Gasteiger partial charge < -0.3 is 16.4 Å². The van der Waals surface area contributed by atoms with Gasteiger partial charge in [0.15, 0.2) is 0 Å². The Bertz CT molecular complexity index is 1020. The molecule has 0 aliphatic heterocycles. The molecule has 152 valence electrons. The number of nitrogens with zero attached hydrogens (tertiary/aromatic N) is 2. The van der Waals surface area contributed by atoms with E-state index < -0.39 is 5.91 Å². The quantitative estimate of drug-likeness (QED) is 0.598. The third kappa shape index (κ3) is 3.49. The van der Waals surface area contributed by atoms with Crippen LogP contribution in [0.2, 0.25) is 0 Å². The Morgan fingerprint density at radius 2 is 1.93 bits per heavy atom. The van der Waals surface area contributed by atoms with Gasteiger partial charge >= 0.3 is 0 Å². The van der Waals surface area contributed by atoms with Crippen LogP contribution in [0.4, 0.5) is 5.69 Å². The number of nitrogens with one attached hydrogen (secondary N) is 2. The van der Waals surface area contributed by atoms with E-state index in [0.29, 0.717) is 11.6 Å². The maximum absolute atomic E-state index is 12.2. The van der Waals surface area contributed by atoms with Crippen LogP contribution in [0.1, 0.15) is 44.0 Å². The van der Waals surface area contributed by atoms with Crippen molar-refractivity contribution in [3.8, 4) is 11.1 Å². The molecule has 0 bridgehead atoms. The summed E-state index contributed by atoms with van der Waals surface area (Å²) in [5.74, 6) is -0.469. The fourth-order valence-electron chi connectivity index (χ4n) is 4.55. The zero-order chi connectivity index (χ0) is 20.6. The van der Waals surface area contributed by atoms with E-state index >= 15 is 0 Å². The van der Waals surface area contributed by atoms with Crippen molar-refractivity contribution in [2.45, 2.75) is 45.7 Å². The average molecular weight is 392 g/mol. The van der Waals surface area contributed by atoms with Crippen LogP contribution in [0.3, 0.4) is 0 Å². The molecular formula is C23H29N5O. The number of carbonyl (C=O) groups is 1. The molecule has 0 spiro atoms. The zero-order valence-corrected chi connectivity index (χ0v) is 17.3. The number of anilines is 1. The van der Waals surface area contributed by atoms with Gasteiger partial charge in [0, 0.05) is 29.3 Å². The van der Waals surface area contributed by atoms with E-state index in [-0.39, 0.29) is 11.5 Å². The van der Waals surface area contributed by atoms with Crippen LogP contribution in [0.15, 0.2) is 48.8 Å². The van der Waals surface area contributed by atoms with Crippen LogP contribution in [0, 0.1) is 5.41 Å². The molecule has 4 rings (SSSR count). The molecule has 2 heterocycles. The topological polar surface area (TPSA) is 84.5 Å². The van der Waals surface area contributed by atoms with E-state index in [1.807, 2.05) is 28.9 Å². The molecule has 1 aromatic carbocycles. The number of aromatic nitrogens is 2. The molecule has 2 aromatic heterocycles. The minimum absolute atomic E-state index is 0.0417. The molecule has 0 saturated heterocycles. The smallest absolute Gasteiger partial charge is 0.252 e. The Morgan fingerprint density at radius 1 is 1.21 bits per heavy atom. The molecule has 3 aromatic rings. The average Bonchev–Trinajstić information content (AvgIpc) is 3.25. The first-order valence-corrected chi connectivity index (χ1v) is 10.3. The first-order chi connectivity index (χ1) is 13.9. The van der Waals surface area contributed by atoms with Gasteiger partial charge in [-0.25, -0.2) is 4.52 Å². The van der Waals surface area contributed by atoms with E-state index in [0.717, 1.165) is 41.7 Å². The van der Waals surface area contributed by atoms with Crippen molar-refractivity contribution in [2.75, 3.05) is 11.9 Å². The first-order valence-electron chi connectivity index (χ1n) is 10.3. The summed E-state index contributed by atoms with van der Waals surface area (Å²) in [5.41, 5.74) is 9.97. The highest BCUT2D eigenvalue weighted by molar-refractivity contribution is 6.02. The molecule has 1 aliphatic carbocycles. The molecule has 0 unspecified atom stereocenters. The highest BCUT2D eigenvalue weighted by Crippen LogP contribution is 2.41. The Hall–Kier alpha value is -2.86. The fraction of sp³-hybridized carbons (Fsp3) is 0.391. The van der Waals surface area contributed by atoms with E-state index in [1.54, 1.807) is 6.20 Å². The van der Waals surface area contributed by atoms with E-state index in [9.17, 15) is 4.79 Å². The van der Waals surface area contributed by atoms with Crippen molar-refractivity contribution in [3.63, 3.8) is 0 Å². The van der Waals surface area contributed by atoms with Crippen molar-refractivity contribution < 1.29 is 4.79 Å². The van der Waals surface area contributed by atoms with Gasteiger partial charge in [-0.2, -0.15) is 5.10 Å². The number of primary amides is 1. The summed E-state index contributed by atoms with van der Waals surface area (Å²) in [6.07, 6.45) is 5.68. The van der Waals surface area contributed by atoms with Crippen molar-refractivity contribution in [1.29, 1.82) is 0 Å². The molecule has 4 N–H and O–H groups in total. The predicted molar refractivity (Wildman–Crippen MR) is 117 cm³/mol. The lowest BCUT2D eigenvalue weighted by Gasteiger charge is -2.34. The molecule has 1 saturated carbocycles. The summed E-state index contributed by atoms with van der Waals surface area (Å²) in [7, 11) is 0. The van der Waals surface area contributed by atoms with Gasteiger partial charge in [-0.15, -0.1) is 0 Å². The number of hydrogen-bond acceptors (Lipinski definition) is 4. The van der Waals surface area contributed by atoms with Crippen LogP contribution in [0.25, 0.3) is 16.6 Å². The van der Waals surface area contributed by atoms with Gasteiger partial charge in [0.25, 0.3) is 5.91 Å². The predicted octanol–water partition coefficient (Wildman–Crippen LogP) is 3.68. The highest BCUT2D eigenvalue weighted by atomic mass is 16.1. The summed E-state index contributed by atoms with van der Waals surface area (Å²) in [6, 6.07) is 12.9. The van der Waals surface area contributed by atoms with Crippen molar-refractivity contribution >= 4 is 17.1 Å². The standard InChI is InChI=1S/C23H29N5O/c1-4-25-19-10-11-20(23(19,2)3)27-21-17(22(24)29)13-26-28-14-16(12-18(21)28)15-8-6-5-7-9-15/h5-9,12-14,19-20,25,27H,4,10-11H2,1-3H3,(H2,24,29)/t19-,20+/m0/s1. The van der Waals surface area contributed by atoms with Gasteiger partial charge in [-0.3, -0.25) is 4.79 Å². The molecule has 1 amide bonds. The highest BCUT2D eigenvalue weighted by Gasteiger charge is 2.43. The summed E-state index contributed by atoms with van der Waals surface area (Å²) in [4.78, 5) is 12.2. The van der Waals surface area contributed by atoms with Crippen molar-refractivity contribution in [2.24, 2.45) is 11.1 Å². The second kappa shape index (κ2) is 7.52. The second-order valence-electron chi connectivity index (χ2n) is 8.43. The Morgan fingerprint density at radius 3 is 2.62 bits per heavy atom. The van der Waals surface area contributed by atoms with Gasteiger partial charge in [0.2, 0.25) is 0 Å². The number of rotatable bonds is 6. The molecule has 29 heavy (non-hydrogen) atoms. The number of carbonyl (C=O) groups excluding carboxylic acids is 1. The van der Waals surface area contributed by atoms with E-state index in [4.69, 9.17) is 5.73 Å². The molecule has 1 aliphatic rings. The minimum atomic E-state index is -0.469. The Kier molecular flexibility index (Phi) is 5.04. The van der Waals surface area contributed by atoms with Crippen LogP contribution < -0.4 is 16.4 Å². The Labute approximate surface area is 171 Å². The first kappa shape index (κ1) is 19.5. The lowest BCUT2D eigenvalue weighted by molar-refractivity contribution is 0.100. The summed E-state index contributed by atoms with van der Waals surface area (Å²) in [5, 5.41) is 11.7. The summed E-state index contributed by atoms with van der Waals surface area (Å²) in [6.45, 7) is 7.65. The zero-order valence-electron chi connectivity index (χ0n) is 17.3. The fourth-order valence-corrected chi connectivity index (χ4v) is 4.55. The number of nitrogens with two attached hydrogens (primary N) is 1. The molecular weight excluding hydrogens is 362 g/mol. The lowest BCUT2D eigenvalue weighted by Crippen LogP contribution is -2.44. The maximum Gasteiger partial charge on any atom is 0.252 e. The lowest BCUT2D eigenvalue weighted by atomic mass is 9.83.